The molecule has 0 aliphatic carbocycles. The third-order valence-corrected chi connectivity index (χ3v) is 2.56. The molecular formula is C14H12FNO. The molecule has 1 N–H and O–H groups in total. The zero-order valence-corrected chi connectivity index (χ0v) is 9.41. The highest BCUT2D eigenvalue weighted by Gasteiger charge is 2.13. The van der Waals surface area contributed by atoms with Crippen LogP contribution in [0.5, 0.6) is 0 Å². The highest BCUT2D eigenvalue weighted by atomic mass is 19.1. The molecule has 0 unspecified atom stereocenters. The first-order valence-electron chi connectivity index (χ1n) is 5.30. The van der Waals surface area contributed by atoms with Crippen LogP contribution in [0.3, 0.4) is 0 Å². The molecule has 3 heteroatoms. The van der Waals surface area contributed by atoms with Gasteiger partial charge >= 0.3 is 0 Å². The molecule has 1 amide bonds. The lowest BCUT2D eigenvalue weighted by Gasteiger charge is -2.09. The molecule has 0 saturated heterocycles. The van der Waals surface area contributed by atoms with Crippen LogP contribution in [0.1, 0.15) is 10.4 Å². The number of benzene rings is 2. The zero-order chi connectivity index (χ0) is 12.3. The van der Waals surface area contributed by atoms with Crippen molar-refractivity contribution in [2.24, 2.45) is 0 Å². The van der Waals surface area contributed by atoms with E-state index in [1.165, 1.54) is 6.07 Å². The number of carbonyl (C=O) groups is 1. The largest absolute Gasteiger partial charge is 0.355 e. The molecule has 0 aliphatic rings. The zero-order valence-electron chi connectivity index (χ0n) is 9.41. The van der Waals surface area contributed by atoms with Gasteiger partial charge in [-0.15, -0.1) is 0 Å². The Morgan fingerprint density at radius 1 is 1.00 bits per heavy atom. The Balaban J connectivity index is 2.60. The quantitative estimate of drug-likeness (QED) is 0.842. The summed E-state index contributed by atoms with van der Waals surface area (Å²) in [5, 5.41) is 2.55. The molecule has 0 aliphatic heterocycles. The fraction of sp³-hybridized carbons (Fsp3) is 0.0714. The van der Waals surface area contributed by atoms with Gasteiger partial charge < -0.3 is 5.32 Å². The van der Waals surface area contributed by atoms with Crippen molar-refractivity contribution in [2.75, 3.05) is 7.05 Å². The lowest BCUT2D eigenvalue weighted by atomic mass is 9.99. The maximum atomic E-state index is 13.7. The number of hydrogen-bond donors (Lipinski definition) is 1. The van der Waals surface area contributed by atoms with Crippen LogP contribution in [0.4, 0.5) is 4.39 Å². The van der Waals surface area contributed by atoms with Gasteiger partial charge in [0.2, 0.25) is 0 Å². The van der Waals surface area contributed by atoms with E-state index in [1.807, 2.05) is 0 Å². The van der Waals surface area contributed by atoms with Crippen LogP contribution in [-0.2, 0) is 0 Å². The summed E-state index contributed by atoms with van der Waals surface area (Å²) in [4.78, 5) is 11.7. The molecule has 2 aromatic carbocycles. The number of hydrogen-bond acceptors (Lipinski definition) is 1. The lowest BCUT2D eigenvalue weighted by Crippen LogP contribution is -2.18. The second-order valence-electron chi connectivity index (χ2n) is 3.60. The predicted molar refractivity (Wildman–Crippen MR) is 65.2 cm³/mol. The van der Waals surface area contributed by atoms with Gasteiger partial charge in [0.1, 0.15) is 5.82 Å². The number of nitrogens with one attached hydrogen (secondary N) is 1. The van der Waals surface area contributed by atoms with Crippen LogP contribution in [0.15, 0.2) is 48.5 Å². The molecule has 0 bridgehead atoms. The number of carbonyl (C=O) groups excluding carboxylic acids is 1. The summed E-state index contributed by atoms with van der Waals surface area (Å²) in [6.45, 7) is 0. The van der Waals surface area contributed by atoms with Crippen LogP contribution < -0.4 is 5.32 Å². The Kier molecular flexibility index (Phi) is 3.19. The van der Waals surface area contributed by atoms with Crippen molar-refractivity contribution in [1.82, 2.24) is 5.32 Å². The van der Waals surface area contributed by atoms with Gasteiger partial charge in [-0.2, -0.15) is 0 Å². The summed E-state index contributed by atoms with van der Waals surface area (Å²) in [5.41, 5.74) is 1.51. The molecule has 0 saturated carbocycles. The van der Waals surface area contributed by atoms with Gasteiger partial charge in [0.25, 0.3) is 5.91 Å². The lowest BCUT2D eigenvalue weighted by molar-refractivity contribution is 0.0963. The topological polar surface area (TPSA) is 29.1 Å². The van der Waals surface area contributed by atoms with Gasteiger partial charge in [0.15, 0.2) is 0 Å². The molecule has 17 heavy (non-hydrogen) atoms. The van der Waals surface area contributed by atoms with Gasteiger partial charge in [-0.05, 0) is 17.7 Å². The fourth-order valence-corrected chi connectivity index (χ4v) is 1.73. The van der Waals surface area contributed by atoms with Crippen molar-refractivity contribution < 1.29 is 9.18 Å². The minimum absolute atomic E-state index is 0.219. The first-order valence-corrected chi connectivity index (χ1v) is 5.30. The van der Waals surface area contributed by atoms with Crippen LogP contribution in [0.2, 0.25) is 0 Å². The average Bonchev–Trinajstić information content (AvgIpc) is 2.38. The molecule has 0 fully saturated rings. The first-order chi connectivity index (χ1) is 8.24. The minimum atomic E-state index is -0.330. The molecule has 2 rings (SSSR count). The maximum Gasteiger partial charge on any atom is 0.251 e. The summed E-state index contributed by atoms with van der Waals surface area (Å²) in [6, 6.07) is 13.4. The molecule has 2 nitrogen and oxygen atoms in total. The number of rotatable bonds is 2. The minimum Gasteiger partial charge on any atom is -0.355 e. The Morgan fingerprint density at radius 3 is 2.24 bits per heavy atom. The van der Waals surface area contributed by atoms with Crippen molar-refractivity contribution in [1.29, 1.82) is 0 Å². The van der Waals surface area contributed by atoms with Crippen molar-refractivity contribution in [3.63, 3.8) is 0 Å². The van der Waals surface area contributed by atoms with E-state index in [2.05, 4.69) is 5.32 Å². The Labute approximate surface area is 99.1 Å². The highest BCUT2D eigenvalue weighted by molar-refractivity contribution is 6.00. The summed E-state index contributed by atoms with van der Waals surface area (Å²) < 4.78 is 13.7. The van der Waals surface area contributed by atoms with Gasteiger partial charge in [-0.3, -0.25) is 4.79 Å². The van der Waals surface area contributed by atoms with Crippen LogP contribution >= 0.6 is 0 Å². The second kappa shape index (κ2) is 4.78. The van der Waals surface area contributed by atoms with Gasteiger partial charge in [-0.25, -0.2) is 4.39 Å². The normalized spacial score (nSPS) is 10.0. The predicted octanol–water partition coefficient (Wildman–Crippen LogP) is 2.85. The summed E-state index contributed by atoms with van der Waals surface area (Å²) in [6.07, 6.45) is 0. The molecule has 0 atom stereocenters. The third-order valence-electron chi connectivity index (χ3n) is 2.56. The van der Waals surface area contributed by atoms with E-state index in [-0.39, 0.29) is 11.7 Å². The Morgan fingerprint density at radius 2 is 1.59 bits per heavy atom. The van der Waals surface area contributed by atoms with Crippen LogP contribution in [-0.4, -0.2) is 13.0 Å². The Bertz CT molecular complexity index is 551. The number of halogens is 1. The van der Waals surface area contributed by atoms with Crippen molar-refractivity contribution in [3.8, 4) is 11.1 Å². The second-order valence-corrected chi connectivity index (χ2v) is 3.60. The van der Waals surface area contributed by atoms with Crippen molar-refractivity contribution >= 4 is 5.91 Å². The van der Waals surface area contributed by atoms with E-state index < -0.39 is 0 Å². The van der Waals surface area contributed by atoms with Crippen molar-refractivity contribution in [2.45, 2.75) is 0 Å². The number of amides is 1. The molecule has 2 aromatic rings. The maximum absolute atomic E-state index is 13.7. The smallest absolute Gasteiger partial charge is 0.251 e. The molecule has 0 aromatic heterocycles. The summed E-state index contributed by atoms with van der Waals surface area (Å²) in [7, 11) is 1.56. The molecule has 86 valence electrons. The summed E-state index contributed by atoms with van der Waals surface area (Å²) >= 11 is 0. The van der Waals surface area contributed by atoms with E-state index in [0.29, 0.717) is 16.7 Å². The molecule has 0 radical (unpaired) electrons. The monoisotopic (exact) mass is 229 g/mol. The van der Waals surface area contributed by atoms with Crippen LogP contribution in [0.25, 0.3) is 11.1 Å². The standard InChI is InChI=1S/C14H12FNO/c1-16-14(17)12-8-3-2-6-10(12)11-7-4-5-9-13(11)15/h2-9H,1H3,(H,16,17). The highest BCUT2D eigenvalue weighted by Crippen LogP contribution is 2.25. The van der Waals surface area contributed by atoms with E-state index in [0.717, 1.165) is 0 Å². The van der Waals surface area contributed by atoms with E-state index in [1.54, 1.807) is 49.5 Å². The fourth-order valence-electron chi connectivity index (χ4n) is 1.73. The Hall–Kier alpha value is -2.16. The van der Waals surface area contributed by atoms with Gasteiger partial charge in [0, 0.05) is 18.2 Å². The first kappa shape index (κ1) is 11.3. The van der Waals surface area contributed by atoms with Crippen LogP contribution in [0, 0.1) is 5.82 Å². The average molecular weight is 229 g/mol. The van der Waals surface area contributed by atoms with Gasteiger partial charge in [0.05, 0.1) is 0 Å². The SMILES string of the molecule is CNC(=O)c1ccccc1-c1ccccc1F. The van der Waals surface area contributed by atoms with Crippen molar-refractivity contribution in [3.05, 3.63) is 59.9 Å². The van der Waals surface area contributed by atoms with Gasteiger partial charge in [-0.1, -0.05) is 36.4 Å². The van der Waals surface area contributed by atoms with E-state index >= 15 is 0 Å². The summed E-state index contributed by atoms with van der Waals surface area (Å²) in [5.74, 6) is -0.548. The molecule has 0 heterocycles. The third kappa shape index (κ3) is 2.18. The van der Waals surface area contributed by atoms with E-state index in [4.69, 9.17) is 0 Å². The molecular weight excluding hydrogens is 217 g/mol. The molecule has 0 spiro atoms. The van der Waals surface area contributed by atoms with E-state index in [9.17, 15) is 9.18 Å².